The van der Waals surface area contributed by atoms with Crippen LogP contribution in [0.1, 0.15) is 11.6 Å². The zero-order chi connectivity index (χ0) is 13.1. The number of benzene rings is 1. The maximum atomic E-state index is 13.2. The number of alkyl halides is 3. The van der Waals surface area contributed by atoms with Gasteiger partial charge in [0.05, 0.1) is 18.2 Å². The average Bonchev–Trinajstić information content (AvgIpc) is 2.21. The Balaban J connectivity index is 2.92. The van der Waals surface area contributed by atoms with E-state index in [0.717, 1.165) is 18.2 Å². The van der Waals surface area contributed by atoms with Gasteiger partial charge in [0.2, 0.25) is 0 Å². The first-order chi connectivity index (χ1) is 7.85. The monoisotopic (exact) mass is 250 g/mol. The molecule has 1 unspecified atom stereocenters. The Morgan fingerprint density at radius 3 is 2.18 bits per heavy atom. The fourth-order valence-electron chi connectivity index (χ4n) is 1.22. The van der Waals surface area contributed by atoms with Crippen LogP contribution in [0, 0.1) is 23.0 Å². The van der Waals surface area contributed by atoms with Crippen LogP contribution in [0.3, 0.4) is 0 Å². The molecule has 0 radical (unpaired) electrons. The highest BCUT2D eigenvalue weighted by atomic mass is 19.4. The van der Waals surface area contributed by atoms with Gasteiger partial charge in [-0.05, 0) is 12.1 Å². The number of halogens is 5. The third-order valence-electron chi connectivity index (χ3n) is 1.92. The summed E-state index contributed by atoms with van der Waals surface area (Å²) in [5.74, 6) is -2.13. The number of hydrogen-bond donors (Lipinski definition) is 1. The summed E-state index contributed by atoms with van der Waals surface area (Å²) in [5, 5.41) is 10.4. The minimum Gasteiger partial charge on any atom is -0.290 e. The Hall–Kier alpha value is -1.68. The Bertz CT molecular complexity index is 415. The SMILES string of the molecule is N#CC(NCC(F)(F)F)c1c(F)cccc1F. The van der Waals surface area contributed by atoms with Crippen LogP contribution in [-0.4, -0.2) is 12.7 Å². The van der Waals surface area contributed by atoms with E-state index >= 15 is 0 Å². The Labute approximate surface area is 93.7 Å². The van der Waals surface area contributed by atoms with Crippen molar-refractivity contribution in [2.45, 2.75) is 12.2 Å². The van der Waals surface area contributed by atoms with Crippen molar-refractivity contribution in [1.82, 2.24) is 5.32 Å². The molecule has 92 valence electrons. The van der Waals surface area contributed by atoms with Crippen LogP contribution in [0.5, 0.6) is 0 Å². The molecule has 1 aromatic rings. The Morgan fingerprint density at radius 1 is 1.24 bits per heavy atom. The number of nitrogens with one attached hydrogen (secondary N) is 1. The molecule has 7 heteroatoms. The van der Waals surface area contributed by atoms with Gasteiger partial charge in [-0.25, -0.2) is 8.78 Å². The lowest BCUT2D eigenvalue weighted by atomic mass is 10.1. The van der Waals surface area contributed by atoms with Crippen LogP contribution in [0.25, 0.3) is 0 Å². The smallest absolute Gasteiger partial charge is 0.290 e. The molecular weight excluding hydrogens is 243 g/mol. The van der Waals surface area contributed by atoms with E-state index in [1.165, 1.54) is 6.07 Å². The zero-order valence-electron chi connectivity index (χ0n) is 8.35. The molecular formula is C10H7F5N2. The number of nitriles is 1. The minimum absolute atomic E-state index is 0.709. The van der Waals surface area contributed by atoms with Crippen molar-refractivity contribution in [2.75, 3.05) is 6.54 Å². The summed E-state index contributed by atoms with van der Waals surface area (Å²) in [6.07, 6.45) is -4.56. The highest BCUT2D eigenvalue weighted by molar-refractivity contribution is 5.27. The maximum absolute atomic E-state index is 13.2. The second-order valence-corrected chi connectivity index (χ2v) is 3.19. The largest absolute Gasteiger partial charge is 0.401 e. The topological polar surface area (TPSA) is 35.8 Å². The Kier molecular flexibility index (Phi) is 4.02. The summed E-state index contributed by atoms with van der Waals surface area (Å²) in [6.45, 7) is -1.50. The van der Waals surface area contributed by atoms with Crippen molar-refractivity contribution in [2.24, 2.45) is 0 Å². The molecule has 0 aromatic heterocycles. The minimum atomic E-state index is -4.56. The number of nitrogens with zero attached hydrogens (tertiary/aromatic N) is 1. The van der Waals surface area contributed by atoms with E-state index in [1.54, 1.807) is 5.32 Å². The fourth-order valence-corrected chi connectivity index (χ4v) is 1.22. The molecule has 17 heavy (non-hydrogen) atoms. The maximum Gasteiger partial charge on any atom is 0.401 e. The normalized spacial score (nSPS) is 13.2. The Morgan fingerprint density at radius 2 is 1.76 bits per heavy atom. The second-order valence-electron chi connectivity index (χ2n) is 3.19. The molecule has 0 aliphatic heterocycles. The summed E-state index contributed by atoms with van der Waals surface area (Å²) in [6, 6.07) is 2.51. The summed E-state index contributed by atoms with van der Waals surface area (Å²) in [5.41, 5.74) is -0.709. The van der Waals surface area contributed by atoms with E-state index < -0.39 is 36.0 Å². The van der Waals surface area contributed by atoms with Gasteiger partial charge in [-0.3, -0.25) is 5.32 Å². The predicted molar refractivity (Wildman–Crippen MR) is 48.8 cm³/mol. The van der Waals surface area contributed by atoms with E-state index in [-0.39, 0.29) is 0 Å². The van der Waals surface area contributed by atoms with Crippen LogP contribution in [-0.2, 0) is 0 Å². The van der Waals surface area contributed by atoms with E-state index in [2.05, 4.69) is 0 Å². The van der Waals surface area contributed by atoms with Crippen molar-refractivity contribution in [3.05, 3.63) is 35.4 Å². The highest BCUT2D eigenvalue weighted by Crippen LogP contribution is 2.21. The van der Waals surface area contributed by atoms with E-state index in [4.69, 9.17) is 5.26 Å². The molecule has 0 aliphatic carbocycles. The van der Waals surface area contributed by atoms with Crippen LogP contribution < -0.4 is 5.32 Å². The average molecular weight is 250 g/mol. The van der Waals surface area contributed by atoms with E-state index in [1.807, 2.05) is 0 Å². The van der Waals surface area contributed by atoms with Gasteiger partial charge in [0.25, 0.3) is 0 Å². The van der Waals surface area contributed by atoms with Crippen molar-refractivity contribution in [1.29, 1.82) is 5.26 Å². The van der Waals surface area contributed by atoms with E-state index in [0.29, 0.717) is 0 Å². The lowest BCUT2D eigenvalue weighted by Crippen LogP contribution is -2.32. The first-order valence-corrected chi connectivity index (χ1v) is 4.49. The molecule has 0 aliphatic rings. The van der Waals surface area contributed by atoms with E-state index in [9.17, 15) is 22.0 Å². The van der Waals surface area contributed by atoms with Crippen LogP contribution in [0.2, 0.25) is 0 Å². The summed E-state index contributed by atoms with van der Waals surface area (Å²) in [7, 11) is 0. The van der Waals surface area contributed by atoms with Gasteiger partial charge < -0.3 is 0 Å². The van der Waals surface area contributed by atoms with Crippen molar-refractivity contribution >= 4 is 0 Å². The molecule has 1 rings (SSSR count). The number of hydrogen-bond acceptors (Lipinski definition) is 2. The van der Waals surface area contributed by atoms with Crippen LogP contribution in [0.15, 0.2) is 18.2 Å². The van der Waals surface area contributed by atoms with Crippen LogP contribution in [0.4, 0.5) is 22.0 Å². The zero-order valence-corrected chi connectivity index (χ0v) is 8.35. The van der Waals surface area contributed by atoms with Gasteiger partial charge in [0.15, 0.2) is 0 Å². The molecule has 1 N–H and O–H groups in total. The molecule has 0 saturated heterocycles. The van der Waals surface area contributed by atoms with Gasteiger partial charge in [-0.15, -0.1) is 0 Å². The lowest BCUT2D eigenvalue weighted by Gasteiger charge is -2.14. The molecule has 2 nitrogen and oxygen atoms in total. The molecule has 0 spiro atoms. The first-order valence-electron chi connectivity index (χ1n) is 4.49. The molecule has 0 saturated carbocycles. The molecule has 0 bridgehead atoms. The third kappa shape index (κ3) is 3.67. The van der Waals surface area contributed by atoms with Crippen LogP contribution >= 0.6 is 0 Å². The third-order valence-corrected chi connectivity index (χ3v) is 1.92. The quantitative estimate of drug-likeness (QED) is 0.837. The molecule has 0 amide bonds. The van der Waals surface area contributed by atoms with Gasteiger partial charge in [0.1, 0.15) is 17.7 Å². The fraction of sp³-hybridized carbons (Fsp3) is 0.300. The molecule has 0 heterocycles. The van der Waals surface area contributed by atoms with Gasteiger partial charge in [-0.1, -0.05) is 6.07 Å². The van der Waals surface area contributed by atoms with Crippen molar-refractivity contribution < 1.29 is 22.0 Å². The molecule has 1 aromatic carbocycles. The summed E-state index contributed by atoms with van der Waals surface area (Å²) >= 11 is 0. The lowest BCUT2D eigenvalue weighted by molar-refractivity contribution is -0.125. The summed E-state index contributed by atoms with van der Waals surface area (Å²) < 4.78 is 62.1. The first kappa shape index (κ1) is 13.4. The number of rotatable bonds is 3. The second kappa shape index (κ2) is 5.10. The predicted octanol–water partition coefficient (Wildman–Crippen LogP) is 2.68. The molecule has 1 atom stereocenters. The highest BCUT2D eigenvalue weighted by Gasteiger charge is 2.30. The standard InChI is InChI=1S/C10H7F5N2/c11-6-2-1-3-7(12)9(6)8(4-16)17-5-10(13,14)15/h1-3,8,17H,5H2. The van der Waals surface area contributed by atoms with Crippen molar-refractivity contribution in [3.63, 3.8) is 0 Å². The summed E-state index contributed by atoms with van der Waals surface area (Å²) in [4.78, 5) is 0. The van der Waals surface area contributed by atoms with Gasteiger partial charge in [-0.2, -0.15) is 18.4 Å². The molecule has 0 fully saturated rings. The van der Waals surface area contributed by atoms with Gasteiger partial charge in [0, 0.05) is 0 Å². The van der Waals surface area contributed by atoms with Crippen molar-refractivity contribution in [3.8, 4) is 6.07 Å². The van der Waals surface area contributed by atoms with Gasteiger partial charge >= 0.3 is 6.18 Å².